The average Bonchev–Trinajstić information content (AvgIpc) is 3.17. The van der Waals surface area contributed by atoms with E-state index in [9.17, 15) is 0 Å². The zero-order chi connectivity index (χ0) is 14.2. The lowest BCUT2D eigenvalue weighted by molar-refractivity contribution is 0.171. The highest BCUT2D eigenvalue weighted by molar-refractivity contribution is 5.64. The van der Waals surface area contributed by atoms with Crippen LogP contribution >= 0.6 is 0 Å². The van der Waals surface area contributed by atoms with Gasteiger partial charge in [0.05, 0.1) is 6.61 Å². The summed E-state index contributed by atoms with van der Waals surface area (Å²) < 4.78 is 22.0. The van der Waals surface area contributed by atoms with Crippen LogP contribution in [0, 0.1) is 6.92 Å². The first-order chi connectivity index (χ1) is 10.3. The SMILES string of the molecule is Cc1cc2c(cc1-c1nc(C3CCOC3)no1)OCCO2. The standard InChI is InChI=1S/C15H16N2O4/c1-9-6-12-13(20-5-4-19-12)7-11(9)15-16-14(17-21-15)10-2-3-18-8-10/h6-7,10H,2-5,8H2,1H3. The number of fused-ring (bicyclic) bond motifs is 1. The third-order valence-corrected chi connectivity index (χ3v) is 3.86. The number of aryl methyl sites for hydroxylation is 1. The van der Waals surface area contributed by atoms with Gasteiger partial charge in [0, 0.05) is 18.1 Å². The third kappa shape index (κ3) is 2.25. The minimum Gasteiger partial charge on any atom is -0.486 e. The van der Waals surface area contributed by atoms with Crippen LogP contribution in [-0.2, 0) is 4.74 Å². The van der Waals surface area contributed by atoms with Gasteiger partial charge in [-0.1, -0.05) is 5.16 Å². The fourth-order valence-corrected chi connectivity index (χ4v) is 2.67. The van der Waals surface area contributed by atoms with Gasteiger partial charge in [-0.2, -0.15) is 4.98 Å². The summed E-state index contributed by atoms with van der Waals surface area (Å²) in [6.07, 6.45) is 0.944. The van der Waals surface area contributed by atoms with Crippen molar-refractivity contribution in [3.63, 3.8) is 0 Å². The van der Waals surface area contributed by atoms with Crippen molar-refractivity contribution >= 4 is 0 Å². The van der Waals surface area contributed by atoms with Crippen LogP contribution in [0.25, 0.3) is 11.5 Å². The number of ether oxygens (including phenoxy) is 3. The Balaban J connectivity index is 1.69. The van der Waals surface area contributed by atoms with E-state index in [1.54, 1.807) is 0 Å². The molecule has 6 nitrogen and oxygen atoms in total. The molecule has 0 amide bonds. The normalized spacial score (nSPS) is 20.7. The summed E-state index contributed by atoms with van der Waals surface area (Å²) in [6.45, 7) is 4.56. The molecule has 1 saturated heterocycles. The zero-order valence-corrected chi connectivity index (χ0v) is 11.8. The van der Waals surface area contributed by atoms with Gasteiger partial charge < -0.3 is 18.7 Å². The number of rotatable bonds is 2. The summed E-state index contributed by atoms with van der Waals surface area (Å²) in [5.74, 6) is 2.97. The Kier molecular flexibility index (Phi) is 3.03. The van der Waals surface area contributed by atoms with Crippen molar-refractivity contribution in [2.75, 3.05) is 26.4 Å². The van der Waals surface area contributed by atoms with Crippen LogP contribution in [0.5, 0.6) is 11.5 Å². The predicted octanol–water partition coefficient (Wildman–Crippen LogP) is 2.32. The number of hydrogen-bond acceptors (Lipinski definition) is 6. The number of benzene rings is 1. The van der Waals surface area contributed by atoms with E-state index >= 15 is 0 Å². The van der Waals surface area contributed by atoms with Crippen LogP contribution in [0.3, 0.4) is 0 Å². The van der Waals surface area contributed by atoms with Crippen molar-refractivity contribution in [1.82, 2.24) is 10.1 Å². The summed E-state index contributed by atoms with van der Waals surface area (Å²) in [5.41, 5.74) is 1.91. The van der Waals surface area contributed by atoms with Gasteiger partial charge in [-0.3, -0.25) is 0 Å². The number of hydrogen-bond donors (Lipinski definition) is 0. The molecule has 0 bridgehead atoms. The van der Waals surface area contributed by atoms with Gasteiger partial charge in [-0.25, -0.2) is 0 Å². The average molecular weight is 288 g/mol. The van der Waals surface area contributed by atoms with E-state index in [1.165, 1.54) is 0 Å². The molecule has 1 aromatic carbocycles. The molecule has 1 atom stereocenters. The monoisotopic (exact) mass is 288 g/mol. The van der Waals surface area contributed by atoms with Gasteiger partial charge in [0.25, 0.3) is 5.89 Å². The maximum absolute atomic E-state index is 5.61. The van der Waals surface area contributed by atoms with Gasteiger partial charge >= 0.3 is 0 Å². The molecule has 0 radical (unpaired) electrons. The molecule has 6 heteroatoms. The quantitative estimate of drug-likeness (QED) is 0.845. The topological polar surface area (TPSA) is 66.6 Å². The molecule has 1 unspecified atom stereocenters. The third-order valence-electron chi connectivity index (χ3n) is 3.86. The molecule has 1 fully saturated rings. The summed E-state index contributed by atoms with van der Waals surface area (Å²) in [4.78, 5) is 4.52. The van der Waals surface area contributed by atoms with Crippen molar-refractivity contribution < 1.29 is 18.7 Å². The summed E-state index contributed by atoms with van der Waals surface area (Å²) in [5, 5.41) is 4.09. The number of aromatic nitrogens is 2. The smallest absolute Gasteiger partial charge is 0.258 e. The van der Waals surface area contributed by atoms with E-state index in [1.807, 2.05) is 19.1 Å². The molecule has 0 saturated carbocycles. The van der Waals surface area contributed by atoms with E-state index in [0.29, 0.717) is 25.7 Å². The van der Waals surface area contributed by atoms with Crippen molar-refractivity contribution in [2.45, 2.75) is 19.3 Å². The lowest BCUT2D eigenvalue weighted by atomic mass is 10.1. The molecular formula is C15H16N2O4. The van der Waals surface area contributed by atoms with Gasteiger partial charge in [-0.05, 0) is 31.0 Å². The Morgan fingerprint density at radius 2 is 1.90 bits per heavy atom. The Labute approximate surface area is 122 Å². The summed E-state index contributed by atoms with van der Waals surface area (Å²) in [6, 6.07) is 3.86. The molecule has 110 valence electrons. The van der Waals surface area contributed by atoms with Crippen LogP contribution < -0.4 is 9.47 Å². The molecule has 3 heterocycles. The van der Waals surface area contributed by atoms with Crippen LogP contribution in [0.15, 0.2) is 16.7 Å². The van der Waals surface area contributed by atoms with Gasteiger partial charge in [0.1, 0.15) is 13.2 Å². The van der Waals surface area contributed by atoms with Crippen molar-refractivity contribution in [2.24, 2.45) is 0 Å². The minimum absolute atomic E-state index is 0.236. The Morgan fingerprint density at radius 1 is 1.10 bits per heavy atom. The molecule has 2 aliphatic rings. The predicted molar refractivity (Wildman–Crippen MR) is 73.6 cm³/mol. The van der Waals surface area contributed by atoms with E-state index in [0.717, 1.165) is 41.5 Å². The van der Waals surface area contributed by atoms with Crippen molar-refractivity contribution in [3.05, 3.63) is 23.5 Å². The van der Waals surface area contributed by atoms with Crippen molar-refractivity contribution in [3.8, 4) is 23.0 Å². The second kappa shape index (κ2) is 5.04. The first-order valence-electron chi connectivity index (χ1n) is 7.13. The second-order valence-electron chi connectivity index (χ2n) is 5.33. The lowest BCUT2D eigenvalue weighted by Crippen LogP contribution is -2.15. The van der Waals surface area contributed by atoms with E-state index in [4.69, 9.17) is 18.7 Å². The number of nitrogens with zero attached hydrogens (tertiary/aromatic N) is 2. The van der Waals surface area contributed by atoms with E-state index in [2.05, 4.69) is 10.1 Å². The highest BCUT2D eigenvalue weighted by atomic mass is 16.6. The minimum atomic E-state index is 0.236. The molecule has 0 N–H and O–H groups in total. The molecule has 21 heavy (non-hydrogen) atoms. The molecular weight excluding hydrogens is 272 g/mol. The molecule has 2 aliphatic heterocycles. The van der Waals surface area contributed by atoms with E-state index in [-0.39, 0.29) is 5.92 Å². The van der Waals surface area contributed by atoms with Crippen molar-refractivity contribution in [1.29, 1.82) is 0 Å². The molecule has 4 rings (SSSR count). The Bertz CT molecular complexity index is 662. The van der Waals surface area contributed by atoms with Gasteiger partial charge in [-0.15, -0.1) is 0 Å². The lowest BCUT2D eigenvalue weighted by Gasteiger charge is -2.19. The summed E-state index contributed by atoms with van der Waals surface area (Å²) in [7, 11) is 0. The second-order valence-corrected chi connectivity index (χ2v) is 5.33. The Hall–Kier alpha value is -2.08. The van der Waals surface area contributed by atoms with Gasteiger partial charge in [0.2, 0.25) is 0 Å². The highest BCUT2D eigenvalue weighted by Gasteiger charge is 2.24. The molecule has 0 aliphatic carbocycles. The largest absolute Gasteiger partial charge is 0.486 e. The molecule has 2 aromatic rings. The van der Waals surface area contributed by atoms with Crippen LogP contribution in [0.2, 0.25) is 0 Å². The first kappa shape index (κ1) is 12.6. The zero-order valence-electron chi connectivity index (χ0n) is 11.8. The van der Waals surface area contributed by atoms with Crippen LogP contribution in [0.1, 0.15) is 23.7 Å². The highest BCUT2D eigenvalue weighted by Crippen LogP contribution is 2.37. The molecule has 1 aromatic heterocycles. The fraction of sp³-hybridized carbons (Fsp3) is 0.467. The van der Waals surface area contributed by atoms with Crippen LogP contribution in [0.4, 0.5) is 0 Å². The van der Waals surface area contributed by atoms with Gasteiger partial charge in [0.15, 0.2) is 17.3 Å². The summed E-state index contributed by atoms with van der Waals surface area (Å²) >= 11 is 0. The Morgan fingerprint density at radius 3 is 2.67 bits per heavy atom. The van der Waals surface area contributed by atoms with E-state index < -0.39 is 0 Å². The maximum Gasteiger partial charge on any atom is 0.258 e. The maximum atomic E-state index is 5.61. The fourth-order valence-electron chi connectivity index (χ4n) is 2.67. The van der Waals surface area contributed by atoms with Crippen LogP contribution in [-0.4, -0.2) is 36.6 Å². The molecule has 0 spiro atoms. The first-order valence-corrected chi connectivity index (χ1v) is 7.13.